The number of benzene rings is 1. The number of hydrogen-bond acceptors (Lipinski definition) is 3. The highest BCUT2D eigenvalue weighted by atomic mass is 16.4. The monoisotopic (exact) mass is 247 g/mol. The summed E-state index contributed by atoms with van der Waals surface area (Å²) in [6.45, 7) is 2.69. The van der Waals surface area contributed by atoms with Gasteiger partial charge in [-0.2, -0.15) is 0 Å². The average molecular weight is 247 g/mol. The summed E-state index contributed by atoms with van der Waals surface area (Å²) in [6, 6.07) is 8.98. The summed E-state index contributed by atoms with van der Waals surface area (Å²) in [5.74, 6) is 0.329. The third kappa shape index (κ3) is 2.82. The van der Waals surface area contributed by atoms with Gasteiger partial charge in [0, 0.05) is 18.5 Å². The first kappa shape index (κ1) is 12.9. The minimum atomic E-state index is 0.0455. The van der Waals surface area contributed by atoms with Gasteiger partial charge in [-0.3, -0.25) is 0 Å². The second-order valence-corrected chi connectivity index (χ2v) is 4.98. The quantitative estimate of drug-likeness (QED) is 0.330. The predicted molar refractivity (Wildman–Crippen MR) is 72.7 cm³/mol. The maximum absolute atomic E-state index is 8.64. The Morgan fingerprint density at radius 1 is 1.56 bits per heavy atom. The molecule has 0 radical (unpaired) electrons. The smallest absolute Gasteiger partial charge is 0.143 e. The number of rotatable bonds is 4. The van der Waals surface area contributed by atoms with E-state index >= 15 is 0 Å². The first-order chi connectivity index (χ1) is 8.72. The van der Waals surface area contributed by atoms with E-state index in [0.717, 1.165) is 13.0 Å². The summed E-state index contributed by atoms with van der Waals surface area (Å²) >= 11 is 0. The molecule has 0 aromatic heterocycles. The summed E-state index contributed by atoms with van der Waals surface area (Å²) < 4.78 is 0. The van der Waals surface area contributed by atoms with E-state index in [4.69, 9.17) is 10.9 Å². The van der Waals surface area contributed by atoms with Gasteiger partial charge in [-0.25, -0.2) is 0 Å². The number of oxime groups is 1. The normalized spacial score (nSPS) is 21.4. The lowest BCUT2D eigenvalue weighted by Crippen LogP contribution is -2.34. The molecule has 0 saturated heterocycles. The Morgan fingerprint density at radius 3 is 3.11 bits per heavy atom. The molecule has 1 aliphatic carbocycles. The van der Waals surface area contributed by atoms with Crippen molar-refractivity contribution in [2.75, 3.05) is 6.54 Å². The number of aryl methyl sites for hydroxylation is 1. The number of fused-ring (bicyclic) bond motifs is 1. The molecule has 0 spiro atoms. The molecule has 0 heterocycles. The number of hydrogen-bond donors (Lipinski definition) is 3. The Labute approximate surface area is 108 Å². The van der Waals surface area contributed by atoms with E-state index in [1.807, 2.05) is 6.92 Å². The fourth-order valence-corrected chi connectivity index (χ4v) is 2.49. The molecular formula is C14H21N3O. The molecule has 0 bridgehead atoms. The fourth-order valence-electron chi connectivity index (χ4n) is 2.49. The fraction of sp³-hybridized carbons (Fsp3) is 0.500. The molecule has 4 nitrogen and oxygen atoms in total. The SMILES string of the molecule is CC(CNC1CCCc2ccccc21)C(N)=NO. The molecule has 0 aliphatic heterocycles. The molecule has 2 rings (SSSR count). The number of amidine groups is 1. The van der Waals surface area contributed by atoms with Crippen LogP contribution in [0.25, 0.3) is 0 Å². The molecule has 98 valence electrons. The largest absolute Gasteiger partial charge is 0.409 e. The van der Waals surface area contributed by atoms with Gasteiger partial charge in [0.25, 0.3) is 0 Å². The molecule has 4 heteroatoms. The third-order valence-electron chi connectivity index (χ3n) is 3.66. The lowest BCUT2D eigenvalue weighted by molar-refractivity contribution is 0.313. The highest BCUT2D eigenvalue weighted by Crippen LogP contribution is 2.29. The van der Waals surface area contributed by atoms with Crippen molar-refractivity contribution in [2.24, 2.45) is 16.8 Å². The third-order valence-corrected chi connectivity index (χ3v) is 3.66. The van der Waals surface area contributed by atoms with E-state index in [-0.39, 0.29) is 11.8 Å². The van der Waals surface area contributed by atoms with Crippen molar-refractivity contribution in [3.8, 4) is 0 Å². The van der Waals surface area contributed by atoms with Crippen molar-refractivity contribution in [3.63, 3.8) is 0 Å². The summed E-state index contributed by atoms with van der Waals surface area (Å²) in [4.78, 5) is 0. The number of nitrogens with two attached hydrogens (primary N) is 1. The van der Waals surface area contributed by atoms with Gasteiger partial charge in [0.1, 0.15) is 5.84 Å². The Balaban J connectivity index is 1.99. The maximum atomic E-state index is 8.64. The van der Waals surface area contributed by atoms with E-state index in [2.05, 4.69) is 34.7 Å². The van der Waals surface area contributed by atoms with Gasteiger partial charge in [-0.1, -0.05) is 36.3 Å². The van der Waals surface area contributed by atoms with Crippen LogP contribution in [0.5, 0.6) is 0 Å². The van der Waals surface area contributed by atoms with Crippen LogP contribution in [0.3, 0.4) is 0 Å². The first-order valence-corrected chi connectivity index (χ1v) is 6.51. The van der Waals surface area contributed by atoms with Crippen molar-refractivity contribution >= 4 is 5.84 Å². The van der Waals surface area contributed by atoms with Crippen LogP contribution in [-0.2, 0) is 6.42 Å². The molecule has 1 aromatic rings. The van der Waals surface area contributed by atoms with E-state index in [0.29, 0.717) is 6.04 Å². The van der Waals surface area contributed by atoms with Crippen LogP contribution >= 0.6 is 0 Å². The van der Waals surface area contributed by atoms with Crippen LogP contribution in [0.1, 0.15) is 36.9 Å². The van der Waals surface area contributed by atoms with Crippen molar-refractivity contribution < 1.29 is 5.21 Å². The van der Waals surface area contributed by atoms with Crippen LogP contribution < -0.4 is 11.1 Å². The number of nitrogens with zero attached hydrogens (tertiary/aromatic N) is 1. The van der Waals surface area contributed by atoms with Crippen molar-refractivity contribution in [2.45, 2.75) is 32.2 Å². The zero-order valence-electron chi connectivity index (χ0n) is 10.8. The minimum Gasteiger partial charge on any atom is -0.409 e. The summed E-state index contributed by atoms with van der Waals surface area (Å²) in [5.41, 5.74) is 8.43. The maximum Gasteiger partial charge on any atom is 0.143 e. The van der Waals surface area contributed by atoms with Crippen LogP contribution in [0.4, 0.5) is 0 Å². The van der Waals surface area contributed by atoms with E-state index in [1.165, 1.54) is 24.0 Å². The van der Waals surface area contributed by atoms with Gasteiger partial charge in [-0.05, 0) is 30.4 Å². The lowest BCUT2D eigenvalue weighted by atomic mass is 9.87. The summed E-state index contributed by atoms with van der Waals surface area (Å²) in [6.07, 6.45) is 3.54. The molecule has 18 heavy (non-hydrogen) atoms. The molecule has 1 aliphatic rings. The van der Waals surface area contributed by atoms with Crippen LogP contribution in [0.2, 0.25) is 0 Å². The highest BCUT2D eigenvalue weighted by Gasteiger charge is 2.20. The van der Waals surface area contributed by atoms with Gasteiger partial charge in [0.15, 0.2) is 0 Å². The molecule has 2 unspecified atom stereocenters. The van der Waals surface area contributed by atoms with E-state index in [9.17, 15) is 0 Å². The van der Waals surface area contributed by atoms with Gasteiger partial charge in [0.2, 0.25) is 0 Å². The summed E-state index contributed by atoms with van der Waals surface area (Å²) in [7, 11) is 0. The van der Waals surface area contributed by atoms with Crippen molar-refractivity contribution in [3.05, 3.63) is 35.4 Å². The van der Waals surface area contributed by atoms with Gasteiger partial charge < -0.3 is 16.3 Å². The molecule has 0 amide bonds. The first-order valence-electron chi connectivity index (χ1n) is 6.51. The predicted octanol–water partition coefficient (Wildman–Crippen LogP) is 2.04. The molecular weight excluding hydrogens is 226 g/mol. The van der Waals surface area contributed by atoms with Gasteiger partial charge in [0.05, 0.1) is 0 Å². The Kier molecular flexibility index (Phi) is 4.20. The topological polar surface area (TPSA) is 70.6 Å². The molecule has 4 N–H and O–H groups in total. The Bertz CT molecular complexity index is 431. The molecule has 0 fully saturated rings. The van der Waals surface area contributed by atoms with Gasteiger partial charge >= 0.3 is 0 Å². The van der Waals surface area contributed by atoms with Crippen molar-refractivity contribution in [1.29, 1.82) is 0 Å². The zero-order valence-corrected chi connectivity index (χ0v) is 10.8. The number of nitrogens with one attached hydrogen (secondary N) is 1. The van der Waals surface area contributed by atoms with E-state index < -0.39 is 0 Å². The van der Waals surface area contributed by atoms with Crippen LogP contribution in [0.15, 0.2) is 29.4 Å². The second kappa shape index (κ2) is 5.87. The Hall–Kier alpha value is -1.55. The van der Waals surface area contributed by atoms with Crippen LogP contribution in [-0.4, -0.2) is 17.6 Å². The molecule has 0 saturated carbocycles. The van der Waals surface area contributed by atoms with Crippen LogP contribution in [0, 0.1) is 5.92 Å². The molecule has 1 aromatic carbocycles. The second-order valence-electron chi connectivity index (χ2n) is 4.98. The zero-order chi connectivity index (χ0) is 13.0. The van der Waals surface area contributed by atoms with E-state index in [1.54, 1.807) is 0 Å². The molecule has 2 atom stereocenters. The van der Waals surface area contributed by atoms with Crippen molar-refractivity contribution in [1.82, 2.24) is 5.32 Å². The Morgan fingerprint density at radius 2 is 2.33 bits per heavy atom. The minimum absolute atomic E-state index is 0.0455. The average Bonchev–Trinajstić information content (AvgIpc) is 2.43. The standard InChI is InChI=1S/C14H21N3O/c1-10(14(15)17-18)9-16-13-8-4-6-11-5-2-3-7-12(11)13/h2-3,5,7,10,13,16,18H,4,6,8-9H2,1H3,(H2,15,17). The summed E-state index contributed by atoms with van der Waals surface area (Å²) in [5, 5.41) is 15.2. The van der Waals surface area contributed by atoms with Gasteiger partial charge in [-0.15, -0.1) is 0 Å². The highest BCUT2D eigenvalue weighted by molar-refractivity contribution is 5.82. The lowest BCUT2D eigenvalue weighted by Gasteiger charge is -2.27.